The minimum absolute atomic E-state index is 0.560. The standard InChI is InChI=1S/C10H12FN/c1-8-4-2-3-5-10(8)12-6-9(11)7-12/h2-5,9H,6-7H2,1H3. The molecule has 12 heavy (non-hydrogen) atoms. The van der Waals surface area contributed by atoms with Gasteiger partial charge >= 0.3 is 0 Å². The van der Waals surface area contributed by atoms with Gasteiger partial charge in [0.25, 0.3) is 0 Å². The van der Waals surface area contributed by atoms with Crippen LogP contribution in [0.25, 0.3) is 0 Å². The number of anilines is 1. The molecule has 0 radical (unpaired) electrons. The van der Waals surface area contributed by atoms with Gasteiger partial charge in [-0.15, -0.1) is 0 Å². The van der Waals surface area contributed by atoms with Crippen LogP contribution >= 0.6 is 0 Å². The Morgan fingerprint density at radius 3 is 2.58 bits per heavy atom. The molecule has 0 bridgehead atoms. The topological polar surface area (TPSA) is 3.24 Å². The quantitative estimate of drug-likeness (QED) is 0.616. The van der Waals surface area contributed by atoms with Crippen LogP contribution in [0.15, 0.2) is 24.3 Å². The molecule has 2 rings (SSSR count). The molecular weight excluding hydrogens is 153 g/mol. The first-order chi connectivity index (χ1) is 5.77. The first kappa shape index (κ1) is 7.59. The van der Waals surface area contributed by atoms with Crippen LogP contribution in [0.4, 0.5) is 10.1 Å². The molecule has 0 N–H and O–H groups in total. The Kier molecular flexibility index (Phi) is 1.75. The molecule has 64 valence electrons. The number of rotatable bonds is 1. The first-order valence-corrected chi connectivity index (χ1v) is 4.22. The largest absolute Gasteiger partial charge is 0.365 e. The van der Waals surface area contributed by atoms with Gasteiger partial charge in [0.1, 0.15) is 6.17 Å². The molecule has 0 saturated carbocycles. The summed E-state index contributed by atoms with van der Waals surface area (Å²) in [6.07, 6.45) is -0.621. The second kappa shape index (κ2) is 2.77. The highest BCUT2D eigenvalue weighted by molar-refractivity contribution is 5.55. The van der Waals surface area contributed by atoms with Gasteiger partial charge in [-0.2, -0.15) is 0 Å². The van der Waals surface area contributed by atoms with Gasteiger partial charge in [0.2, 0.25) is 0 Å². The molecule has 1 nitrogen and oxygen atoms in total. The van der Waals surface area contributed by atoms with Gasteiger partial charge < -0.3 is 4.90 Å². The molecule has 2 heteroatoms. The second-order valence-electron chi connectivity index (χ2n) is 3.29. The number of nitrogens with zero attached hydrogens (tertiary/aromatic N) is 1. The SMILES string of the molecule is Cc1ccccc1N1CC(F)C1. The summed E-state index contributed by atoms with van der Waals surface area (Å²) in [6, 6.07) is 8.10. The van der Waals surface area contributed by atoms with Crippen molar-refractivity contribution in [3.05, 3.63) is 29.8 Å². The Morgan fingerprint density at radius 1 is 1.33 bits per heavy atom. The van der Waals surface area contributed by atoms with Crippen molar-refractivity contribution in [2.24, 2.45) is 0 Å². The summed E-state index contributed by atoms with van der Waals surface area (Å²) in [5.74, 6) is 0. The molecule has 1 fully saturated rings. The molecule has 0 spiro atoms. The minimum atomic E-state index is -0.621. The van der Waals surface area contributed by atoms with Gasteiger partial charge in [0, 0.05) is 5.69 Å². The number of halogens is 1. The summed E-state index contributed by atoms with van der Waals surface area (Å²) in [6.45, 7) is 3.18. The molecule has 1 heterocycles. The molecule has 1 aliphatic heterocycles. The van der Waals surface area contributed by atoms with Gasteiger partial charge in [-0.3, -0.25) is 0 Å². The number of hydrogen-bond acceptors (Lipinski definition) is 1. The van der Waals surface area contributed by atoms with E-state index >= 15 is 0 Å². The fraction of sp³-hybridized carbons (Fsp3) is 0.400. The van der Waals surface area contributed by atoms with E-state index in [1.807, 2.05) is 18.2 Å². The fourth-order valence-corrected chi connectivity index (χ4v) is 1.54. The van der Waals surface area contributed by atoms with Gasteiger partial charge in [-0.25, -0.2) is 4.39 Å². The molecule has 1 aromatic rings. The average molecular weight is 165 g/mol. The minimum Gasteiger partial charge on any atom is -0.365 e. The third-order valence-electron chi connectivity index (χ3n) is 2.29. The van der Waals surface area contributed by atoms with Crippen LogP contribution < -0.4 is 4.90 Å². The van der Waals surface area contributed by atoms with E-state index in [2.05, 4.69) is 17.9 Å². The number of alkyl halides is 1. The van der Waals surface area contributed by atoms with E-state index in [0.717, 1.165) is 0 Å². The van der Waals surface area contributed by atoms with Gasteiger partial charge in [-0.05, 0) is 18.6 Å². The highest BCUT2D eigenvalue weighted by Crippen LogP contribution is 2.25. The average Bonchev–Trinajstić information content (AvgIpc) is 2.01. The normalized spacial score (nSPS) is 17.7. The maximum absolute atomic E-state index is 12.5. The lowest BCUT2D eigenvalue weighted by atomic mass is 10.1. The predicted molar refractivity (Wildman–Crippen MR) is 48.3 cm³/mol. The van der Waals surface area contributed by atoms with Crippen molar-refractivity contribution in [2.45, 2.75) is 13.1 Å². The molecule has 1 saturated heterocycles. The van der Waals surface area contributed by atoms with E-state index in [1.165, 1.54) is 11.3 Å². The Balaban J connectivity index is 2.18. The Bertz CT molecular complexity index is 279. The zero-order chi connectivity index (χ0) is 8.55. The molecule has 0 aromatic heterocycles. The van der Waals surface area contributed by atoms with E-state index in [9.17, 15) is 4.39 Å². The van der Waals surface area contributed by atoms with E-state index in [1.54, 1.807) is 0 Å². The molecular formula is C10H12FN. The lowest BCUT2D eigenvalue weighted by Gasteiger charge is -2.37. The lowest BCUT2D eigenvalue weighted by molar-refractivity contribution is 0.274. The molecule has 1 aromatic carbocycles. The predicted octanol–water partition coefficient (Wildman–Crippen LogP) is 2.15. The van der Waals surface area contributed by atoms with Gasteiger partial charge in [0.05, 0.1) is 13.1 Å². The van der Waals surface area contributed by atoms with Crippen LogP contribution in [-0.2, 0) is 0 Å². The van der Waals surface area contributed by atoms with Crippen molar-refractivity contribution in [3.8, 4) is 0 Å². The lowest BCUT2D eigenvalue weighted by Crippen LogP contribution is -2.48. The molecule has 0 aliphatic carbocycles. The van der Waals surface area contributed by atoms with Crippen LogP contribution in [0.2, 0.25) is 0 Å². The Hall–Kier alpha value is -1.05. The second-order valence-corrected chi connectivity index (χ2v) is 3.29. The molecule has 0 atom stereocenters. The smallest absolute Gasteiger partial charge is 0.135 e. The van der Waals surface area contributed by atoms with Crippen molar-refractivity contribution in [1.82, 2.24) is 0 Å². The van der Waals surface area contributed by atoms with Crippen LogP contribution in [-0.4, -0.2) is 19.3 Å². The number of hydrogen-bond donors (Lipinski definition) is 0. The van der Waals surface area contributed by atoms with Crippen molar-refractivity contribution in [3.63, 3.8) is 0 Å². The van der Waals surface area contributed by atoms with Gasteiger partial charge in [0.15, 0.2) is 0 Å². The summed E-state index contributed by atoms with van der Waals surface area (Å²) < 4.78 is 12.5. The summed E-state index contributed by atoms with van der Waals surface area (Å²) in [7, 11) is 0. The zero-order valence-electron chi connectivity index (χ0n) is 7.13. The van der Waals surface area contributed by atoms with Crippen molar-refractivity contribution < 1.29 is 4.39 Å². The van der Waals surface area contributed by atoms with Crippen LogP contribution in [0.3, 0.4) is 0 Å². The third kappa shape index (κ3) is 1.17. The van der Waals surface area contributed by atoms with Crippen LogP contribution in [0, 0.1) is 6.92 Å². The van der Waals surface area contributed by atoms with E-state index < -0.39 is 6.17 Å². The van der Waals surface area contributed by atoms with Crippen LogP contribution in [0.5, 0.6) is 0 Å². The summed E-state index contributed by atoms with van der Waals surface area (Å²) in [4.78, 5) is 2.07. The van der Waals surface area contributed by atoms with Crippen LogP contribution in [0.1, 0.15) is 5.56 Å². The Morgan fingerprint density at radius 2 is 2.00 bits per heavy atom. The number of benzene rings is 1. The van der Waals surface area contributed by atoms with Crippen molar-refractivity contribution in [2.75, 3.05) is 18.0 Å². The first-order valence-electron chi connectivity index (χ1n) is 4.22. The summed E-state index contributed by atoms with van der Waals surface area (Å²) in [5.41, 5.74) is 2.40. The molecule has 0 unspecified atom stereocenters. The van der Waals surface area contributed by atoms with E-state index in [-0.39, 0.29) is 0 Å². The van der Waals surface area contributed by atoms with E-state index in [4.69, 9.17) is 0 Å². The number of aryl methyl sites for hydroxylation is 1. The zero-order valence-corrected chi connectivity index (χ0v) is 7.13. The highest BCUT2D eigenvalue weighted by atomic mass is 19.1. The Labute approximate surface area is 71.8 Å². The maximum Gasteiger partial charge on any atom is 0.135 e. The third-order valence-corrected chi connectivity index (χ3v) is 2.29. The molecule has 0 amide bonds. The maximum atomic E-state index is 12.5. The summed E-state index contributed by atoms with van der Waals surface area (Å²) >= 11 is 0. The van der Waals surface area contributed by atoms with Crippen molar-refractivity contribution >= 4 is 5.69 Å². The van der Waals surface area contributed by atoms with E-state index in [0.29, 0.717) is 13.1 Å². The molecule has 1 aliphatic rings. The number of para-hydroxylation sites is 1. The van der Waals surface area contributed by atoms with Crippen molar-refractivity contribution in [1.29, 1.82) is 0 Å². The summed E-state index contributed by atoms with van der Waals surface area (Å²) in [5, 5.41) is 0. The fourth-order valence-electron chi connectivity index (χ4n) is 1.54. The monoisotopic (exact) mass is 165 g/mol. The van der Waals surface area contributed by atoms with Gasteiger partial charge in [-0.1, -0.05) is 18.2 Å². The highest BCUT2D eigenvalue weighted by Gasteiger charge is 2.26.